The second kappa shape index (κ2) is 10.7. The van der Waals surface area contributed by atoms with Crippen molar-refractivity contribution < 1.29 is 17.6 Å². The third kappa shape index (κ3) is 6.49. The summed E-state index contributed by atoms with van der Waals surface area (Å²) in [5, 5.41) is 0. The number of rotatable bonds is 9. The van der Waals surface area contributed by atoms with Gasteiger partial charge in [0.2, 0.25) is 10.0 Å². The van der Waals surface area contributed by atoms with E-state index in [0.29, 0.717) is 17.5 Å². The lowest BCUT2D eigenvalue weighted by Crippen LogP contribution is -2.44. The Kier molecular flexibility index (Phi) is 8.00. The van der Waals surface area contributed by atoms with E-state index in [4.69, 9.17) is 0 Å². The molecule has 1 unspecified atom stereocenters. The molecule has 3 rings (SSSR count). The average molecular weight is 469 g/mol. The van der Waals surface area contributed by atoms with Crippen molar-refractivity contribution >= 4 is 15.9 Å². The Morgan fingerprint density at radius 2 is 1.55 bits per heavy atom. The molecule has 0 saturated heterocycles. The van der Waals surface area contributed by atoms with Crippen molar-refractivity contribution in [1.29, 1.82) is 0 Å². The van der Waals surface area contributed by atoms with E-state index >= 15 is 0 Å². The van der Waals surface area contributed by atoms with Gasteiger partial charge in [0.25, 0.3) is 5.91 Å². The number of carbonyl (C=O) groups is 1. The van der Waals surface area contributed by atoms with Crippen LogP contribution < -0.4 is 10.3 Å². The Hall–Kier alpha value is -3.03. The van der Waals surface area contributed by atoms with Gasteiger partial charge in [0.1, 0.15) is 5.82 Å². The van der Waals surface area contributed by atoms with Gasteiger partial charge in [0.05, 0.1) is 11.3 Å². The van der Waals surface area contributed by atoms with Gasteiger partial charge in [-0.3, -0.25) is 10.2 Å². The molecule has 0 spiro atoms. The Bertz CT molecular complexity index is 1200. The number of carbonyl (C=O) groups excluding carboxylic acids is 1. The van der Waals surface area contributed by atoms with Crippen molar-refractivity contribution in [3.8, 4) is 11.1 Å². The molecule has 2 N–H and O–H groups in total. The molecule has 1 atom stereocenters. The Morgan fingerprint density at radius 3 is 2.15 bits per heavy atom. The van der Waals surface area contributed by atoms with Crippen LogP contribution in [-0.4, -0.2) is 20.1 Å². The molecule has 0 aliphatic carbocycles. The fourth-order valence-corrected chi connectivity index (χ4v) is 5.20. The second-order valence-electron chi connectivity index (χ2n) is 8.49. The van der Waals surface area contributed by atoms with Gasteiger partial charge in [-0.05, 0) is 53.5 Å². The van der Waals surface area contributed by atoms with Crippen molar-refractivity contribution in [3.05, 3.63) is 95.3 Å². The molecule has 0 heterocycles. The normalized spacial score (nSPS) is 12.5. The van der Waals surface area contributed by atoms with Gasteiger partial charge < -0.3 is 0 Å². The molecular formula is C26H29FN2O3S. The SMILES string of the molecule is Cc1c(-c2ccccc2)ccc(F)c1C(=O)NNS(=O)(=O)CC(Cc1ccccc1)C(C)C. The molecule has 0 radical (unpaired) electrons. The van der Waals surface area contributed by atoms with Gasteiger partial charge in [0, 0.05) is 0 Å². The summed E-state index contributed by atoms with van der Waals surface area (Å²) in [5.74, 6) is -1.75. The molecule has 0 aliphatic heterocycles. The minimum Gasteiger partial charge on any atom is -0.274 e. The van der Waals surface area contributed by atoms with E-state index in [-0.39, 0.29) is 23.2 Å². The first-order valence-electron chi connectivity index (χ1n) is 10.9. The molecule has 0 saturated carbocycles. The molecule has 1 amide bonds. The lowest BCUT2D eigenvalue weighted by molar-refractivity contribution is 0.0940. The van der Waals surface area contributed by atoms with Crippen molar-refractivity contribution in [3.63, 3.8) is 0 Å². The van der Waals surface area contributed by atoms with Crippen LogP contribution in [0.1, 0.15) is 35.3 Å². The summed E-state index contributed by atoms with van der Waals surface area (Å²) in [6, 6.07) is 21.8. The number of sulfonamides is 1. The van der Waals surface area contributed by atoms with Gasteiger partial charge >= 0.3 is 0 Å². The van der Waals surface area contributed by atoms with Crippen LogP contribution in [0.3, 0.4) is 0 Å². The molecule has 0 aromatic heterocycles. The summed E-state index contributed by atoms with van der Waals surface area (Å²) in [7, 11) is -3.84. The maximum absolute atomic E-state index is 14.5. The lowest BCUT2D eigenvalue weighted by Gasteiger charge is -2.21. The Balaban J connectivity index is 1.73. The van der Waals surface area contributed by atoms with Crippen molar-refractivity contribution in [2.45, 2.75) is 27.2 Å². The molecule has 33 heavy (non-hydrogen) atoms. The van der Waals surface area contributed by atoms with Crippen LogP contribution in [0.25, 0.3) is 11.1 Å². The van der Waals surface area contributed by atoms with Crippen LogP contribution in [0.15, 0.2) is 72.8 Å². The molecule has 7 heteroatoms. The predicted octanol–water partition coefficient (Wildman–Crippen LogP) is 4.88. The zero-order valence-electron chi connectivity index (χ0n) is 19.0. The van der Waals surface area contributed by atoms with Crippen LogP contribution in [0.5, 0.6) is 0 Å². The van der Waals surface area contributed by atoms with E-state index in [2.05, 4.69) is 10.3 Å². The predicted molar refractivity (Wildman–Crippen MR) is 129 cm³/mol. The highest BCUT2D eigenvalue weighted by Crippen LogP contribution is 2.27. The van der Waals surface area contributed by atoms with Crippen LogP contribution >= 0.6 is 0 Å². The molecule has 0 bridgehead atoms. The minimum atomic E-state index is -3.84. The fourth-order valence-electron chi connectivity index (χ4n) is 3.80. The third-order valence-corrected chi connectivity index (χ3v) is 7.04. The van der Waals surface area contributed by atoms with Crippen LogP contribution in [-0.2, 0) is 16.4 Å². The van der Waals surface area contributed by atoms with E-state index < -0.39 is 21.7 Å². The summed E-state index contributed by atoms with van der Waals surface area (Å²) < 4.78 is 40.0. The maximum Gasteiger partial charge on any atom is 0.269 e. The van der Waals surface area contributed by atoms with E-state index in [1.165, 1.54) is 6.07 Å². The number of benzene rings is 3. The Labute approximate surface area is 195 Å². The number of amides is 1. The molecule has 3 aromatic carbocycles. The monoisotopic (exact) mass is 468 g/mol. The van der Waals surface area contributed by atoms with Gasteiger partial charge in [-0.25, -0.2) is 12.8 Å². The summed E-state index contributed by atoms with van der Waals surface area (Å²) >= 11 is 0. The quantitative estimate of drug-likeness (QED) is 0.440. The summed E-state index contributed by atoms with van der Waals surface area (Å²) in [5.41, 5.74) is 5.02. The van der Waals surface area contributed by atoms with E-state index in [1.807, 2.05) is 74.5 Å². The van der Waals surface area contributed by atoms with Gasteiger partial charge in [-0.15, -0.1) is 4.83 Å². The lowest BCUT2D eigenvalue weighted by atomic mass is 9.91. The summed E-state index contributed by atoms with van der Waals surface area (Å²) in [4.78, 5) is 14.9. The van der Waals surface area contributed by atoms with Gasteiger partial charge in [0.15, 0.2) is 0 Å². The van der Waals surface area contributed by atoms with Gasteiger partial charge in [-0.1, -0.05) is 80.6 Å². The first-order valence-corrected chi connectivity index (χ1v) is 12.5. The molecule has 3 aromatic rings. The maximum atomic E-state index is 14.5. The standard InChI is InChI=1S/C26H29FN2O3S/c1-18(2)22(16-20-10-6-4-7-11-20)17-33(31,32)29-28-26(30)25-19(3)23(14-15-24(25)27)21-12-8-5-9-13-21/h4-15,18,22,29H,16-17H2,1-3H3,(H,28,30). The number of hydrogen-bond donors (Lipinski definition) is 2. The van der Waals surface area contributed by atoms with Crippen LogP contribution in [0.2, 0.25) is 0 Å². The first kappa shape index (κ1) is 24.6. The van der Waals surface area contributed by atoms with Crippen molar-refractivity contribution in [2.24, 2.45) is 11.8 Å². The van der Waals surface area contributed by atoms with Crippen molar-refractivity contribution in [1.82, 2.24) is 10.3 Å². The fraction of sp³-hybridized carbons (Fsp3) is 0.269. The molecule has 0 fully saturated rings. The molecule has 174 valence electrons. The number of hydrogen-bond acceptors (Lipinski definition) is 3. The van der Waals surface area contributed by atoms with Crippen LogP contribution in [0, 0.1) is 24.6 Å². The molecule has 0 aliphatic rings. The summed E-state index contributed by atoms with van der Waals surface area (Å²) in [6.45, 7) is 5.58. The second-order valence-corrected chi connectivity index (χ2v) is 10.3. The molecular weight excluding hydrogens is 439 g/mol. The topological polar surface area (TPSA) is 75.3 Å². The molecule has 5 nitrogen and oxygen atoms in total. The highest BCUT2D eigenvalue weighted by atomic mass is 32.2. The highest BCUT2D eigenvalue weighted by molar-refractivity contribution is 7.89. The number of nitrogens with one attached hydrogen (secondary N) is 2. The Morgan fingerprint density at radius 1 is 0.939 bits per heavy atom. The van der Waals surface area contributed by atoms with Gasteiger partial charge in [-0.2, -0.15) is 0 Å². The van der Waals surface area contributed by atoms with Crippen LogP contribution in [0.4, 0.5) is 4.39 Å². The number of halogens is 1. The smallest absolute Gasteiger partial charge is 0.269 e. The third-order valence-electron chi connectivity index (χ3n) is 5.76. The zero-order valence-corrected chi connectivity index (χ0v) is 19.8. The average Bonchev–Trinajstić information content (AvgIpc) is 2.78. The van der Waals surface area contributed by atoms with Crippen molar-refractivity contribution in [2.75, 3.05) is 5.75 Å². The minimum absolute atomic E-state index is 0.111. The van der Waals surface area contributed by atoms with E-state index in [0.717, 1.165) is 11.1 Å². The summed E-state index contributed by atoms with van der Waals surface area (Å²) in [6.07, 6.45) is 0.597. The van der Waals surface area contributed by atoms with E-state index in [9.17, 15) is 17.6 Å². The largest absolute Gasteiger partial charge is 0.274 e. The first-order chi connectivity index (χ1) is 15.7. The highest BCUT2D eigenvalue weighted by Gasteiger charge is 2.24. The van der Waals surface area contributed by atoms with E-state index in [1.54, 1.807) is 13.0 Å². The zero-order chi connectivity index (χ0) is 24.0. The number of hydrazine groups is 1.